The van der Waals surface area contributed by atoms with E-state index in [2.05, 4.69) is 5.32 Å². The number of piperidine rings is 1. The van der Waals surface area contributed by atoms with E-state index in [9.17, 15) is 8.42 Å². The summed E-state index contributed by atoms with van der Waals surface area (Å²) in [7, 11) is -1.43. The van der Waals surface area contributed by atoms with Gasteiger partial charge in [0, 0.05) is 24.0 Å². The van der Waals surface area contributed by atoms with Crippen molar-refractivity contribution in [1.82, 2.24) is 9.62 Å². The molecule has 0 bridgehead atoms. The maximum atomic E-state index is 13.0. The number of hydrogen-bond donors (Lipinski definition) is 1. The Labute approximate surface area is 131 Å². The van der Waals surface area contributed by atoms with Gasteiger partial charge in [0.1, 0.15) is 4.21 Å². The van der Waals surface area contributed by atoms with Gasteiger partial charge in [0.05, 0.1) is 0 Å². The van der Waals surface area contributed by atoms with Crippen LogP contribution in [0, 0.1) is 5.92 Å². The molecule has 1 aromatic rings. The second kappa shape index (κ2) is 6.36. The van der Waals surface area contributed by atoms with Gasteiger partial charge in [-0.05, 0) is 50.8 Å². The molecule has 1 aromatic heterocycles. The molecular formula is C15H24N2O2S2. The smallest absolute Gasteiger partial charge is 0.252 e. The van der Waals surface area contributed by atoms with E-state index in [4.69, 9.17) is 0 Å². The summed E-state index contributed by atoms with van der Waals surface area (Å²) in [6.07, 6.45) is 6.88. The van der Waals surface area contributed by atoms with E-state index in [1.54, 1.807) is 6.07 Å². The first kappa shape index (κ1) is 15.5. The third-order valence-electron chi connectivity index (χ3n) is 4.74. The molecular weight excluding hydrogens is 304 g/mol. The van der Waals surface area contributed by atoms with E-state index >= 15 is 0 Å². The van der Waals surface area contributed by atoms with Gasteiger partial charge in [-0.1, -0.05) is 12.8 Å². The van der Waals surface area contributed by atoms with Gasteiger partial charge in [0.25, 0.3) is 10.0 Å². The van der Waals surface area contributed by atoms with Crippen molar-refractivity contribution in [2.24, 2.45) is 5.92 Å². The number of nitrogens with one attached hydrogen (secondary N) is 1. The van der Waals surface area contributed by atoms with Gasteiger partial charge in [0.2, 0.25) is 0 Å². The zero-order chi connectivity index (χ0) is 14.9. The Kier molecular flexibility index (Phi) is 4.69. The molecule has 6 heteroatoms. The third kappa shape index (κ3) is 3.04. The van der Waals surface area contributed by atoms with E-state index < -0.39 is 10.0 Å². The summed E-state index contributed by atoms with van der Waals surface area (Å²) in [5.41, 5.74) is 0. The number of nitrogens with zero attached hydrogens (tertiary/aromatic N) is 1. The number of hydrogen-bond acceptors (Lipinski definition) is 4. The lowest BCUT2D eigenvalue weighted by molar-refractivity contribution is 0.129. The summed E-state index contributed by atoms with van der Waals surface area (Å²) in [4.78, 5) is 1.08. The molecule has 1 N–H and O–H groups in total. The van der Waals surface area contributed by atoms with Crippen molar-refractivity contribution in [2.45, 2.75) is 55.3 Å². The van der Waals surface area contributed by atoms with E-state index in [0.29, 0.717) is 16.7 Å². The summed E-state index contributed by atoms with van der Waals surface area (Å²) >= 11 is 1.41. The van der Waals surface area contributed by atoms with Gasteiger partial charge in [0.15, 0.2) is 0 Å². The first-order chi connectivity index (χ1) is 10.1. The van der Waals surface area contributed by atoms with Crippen LogP contribution in [0.2, 0.25) is 0 Å². The van der Waals surface area contributed by atoms with Gasteiger partial charge in [-0.25, -0.2) is 8.42 Å². The first-order valence-corrected chi connectivity index (χ1v) is 10.1. The number of sulfonamides is 1. The summed E-state index contributed by atoms with van der Waals surface area (Å²) < 4.78 is 28.3. The molecule has 0 unspecified atom stereocenters. The van der Waals surface area contributed by atoms with Gasteiger partial charge in [-0.3, -0.25) is 0 Å². The van der Waals surface area contributed by atoms with Crippen LogP contribution in [0.1, 0.15) is 43.4 Å². The number of fused-ring (bicyclic) bond motifs is 1. The largest absolute Gasteiger partial charge is 0.315 e. The third-order valence-corrected chi connectivity index (χ3v) is 8.22. The van der Waals surface area contributed by atoms with Crippen molar-refractivity contribution in [2.75, 3.05) is 13.6 Å². The molecule has 0 amide bonds. The quantitative estimate of drug-likeness (QED) is 0.924. The van der Waals surface area contributed by atoms with Crippen molar-refractivity contribution in [3.63, 3.8) is 0 Å². The fraction of sp³-hybridized carbons (Fsp3) is 0.733. The van der Waals surface area contributed by atoms with Crippen LogP contribution in [0.3, 0.4) is 0 Å². The second-order valence-corrected chi connectivity index (χ2v) is 9.41. The molecule has 21 heavy (non-hydrogen) atoms. The molecule has 4 nitrogen and oxygen atoms in total. The van der Waals surface area contributed by atoms with Crippen LogP contribution in [0.5, 0.6) is 0 Å². The maximum absolute atomic E-state index is 13.0. The van der Waals surface area contributed by atoms with E-state index in [-0.39, 0.29) is 6.04 Å². The summed E-state index contributed by atoms with van der Waals surface area (Å²) in [5.74, 6) is 0.582. The molecule has 1 saturated heterocycles. The van der Waals surface area contributed by atoms with Crippen molar-refractivity contribution < 1.29 is 8.42 Å². The number of thiophene rings is 1. The predicted octanol–water partition coefficient (Wildman–Crippen LogP) is 2.81. The molecule has 2 fully saturated rings. The van der Waals surface area contributed by atoms with Crippen LogP contribution >= 0.6 is 11.3 Å². The molecule has 0 radical (unpaired) electrons. The van der Waals surface area contributed by atoms with E-state index in [0.717, 1.165) is 24.3 Å². The molecule has 1 aliphatic carbocycles. The van der Waals surface area contributed by atoms with Crippen molar-refractivity contribution in [3.05, 3.63) is 17.0 Å². The Hall–Kier alpha value is -0.430. The molecule has 3 rings (SSSR count). The molecule has 2 heterocycles. The van der Waals surface area contributed by atoms with E-state index in [1.807, 2.05) is 17.4 Å². The summed E-state index contributed by atoms with van der Waals surface area (Å²) in [6, 6.07) is 3.95. The standard InChI is InChI=1S/C15H24N2O2S2/c1-16-11-13-8-9-15(20-13)21(18,19)17-10-4-6-12-5-2-3-7-14(12)17/h8-9,12,14,16H,2-7,10-11H2,1H3/t12-,14-/m1/s1. The predicted molar refractivity (Wildman–Crippen MR) is 86.0 cm³/mol. The van der Waals surface area contributed by atoms with Crippen molar-refractivity contribution in [1.29, 1.82) is 0 Å². The zero-order valence-corrected chi connectivity index (χ0v) is 14.2. The molecule has 2 aliphatic rings. The fourth-order valence-electron chi connectivity index (χ4n) is 3.76. The highest BCUT2D eigenvalue weighted by atomic mass is 32.2. The Morgan fingerprint density at radius 3 is 2.81 bits per heavy atom. The first-order valence-electron chi connectivity index (χ1n) is 7.88. The number of rotatable bonds is 4. The lowest BCUT2D eigenvalue weighted by Gasteiger charge is -2.42. The monoisotopic (exact) mass is 328 g/mol. The molecule has 2 atom stereocenters. The normalized spacial score (nSPS) is 27.5. The van der Waals surface area contributed by atoms with Crippen LogP contribution in [-0.2, 0) is 16.6 Å². The Balaban J connectivity index is 1.85. The minimum atomic E-state index is -3.31. The van der Waals surface area contributed by atoms with Crippen LogP contribution in [0.4, 0.5) is 0 Å². The van der Waals surface area contributed by atoms with E-state index in [1.165, 1.54) is 37.0 Å². The second-order valence-electron chi connectivity index (χ2n) is 6.12. The van der Waals surface area contributed by atoms with Gasteiger partial charge in [-0.15, -0.1) is 11.3 Å². The van der Waals surface area contributed by atoms with Gasteiger partial charge in [-0.2, -0.15) is 4.31 Å². The highest BCUT2D eigenvalue weighted by Crippen LogP contribution is 2.39. The van der Waals surface area contributed by atoms with Crippen LogP contribution in [0.15, 0.2) is 16.3 Å². The van der Waals surface area contributed by atoms with Crippen LogP contribution in [-0.4, -0.2) is 32.4 Å². The average molecular weight is 329 g/mol. The molecule has 0 aromatic carbocycles. The SMILES string of the molecule is CNCc1ccc(S(=O)(=O)N2CCC[C@H]3CCCC[C@H]32)s1. The lowest BCUT2D eigenvalue weighted by Crippen LogP contribution is -2.49. The average Bonchev–Trinajstić information content (AvgIpc) is 2.96. The molecule has 1 aliphatic heterocycles. The fourth-order valence-corrected chi connectivity index (χ4v) is 7.01. The molecule has 1 saturated carbocycles. The molecule has 118 valence electrons. The Bertz CT molecular complexity index is 580. The van der Waals surface area contributed by atoms with Crippen LogP contribution < -0.4 is 5.32 Å². The van der Waals surface area contributed by atoms with Gasteiger partial charge < -0.3 is 5.32 Å². The minimum absolute atomic E-state index is 0.243. The highest BCUT2D eigenvalue weighted by molar-refractivity contribution is 7.91. The highest BCUT2D eigenvalue weighted by Gasteiger charge is 2.40. The maximum Gasteiger partial charge on any atom is 0.252 e. The van der Waals surface area contributed by atoms with Crippen molar-refractivity contribution >= 4 is 21.4 Å². The Morgan fingerprint density at radius 1 is 1.24 bits per heavy atom. The summed E-state index contributed by atoms with van der Waals surface area (Å²) in [6.45, 7) is 1.43. The van der Waals surface area contributed by atoms with Gasteiger partial charge >= 0.3 is 0 Å². The van der Waals surface area contributed by atoms with Crippen LogP contribution in [0.25, 0.3) is 0 Å². The molecule has 0 spiro atoms. The zero-order valence-electron chi connectivity index (χ0n) is 12.5. The minimum Gasteiger partial charge on any atom is -0.315 e. The Morgan fingerprint density at radius 2 is 2.00 bits per heavy atom. The lowest BCUT2D eigenvalue weighted by atomic mass is 9.79. The summed E-state index contributed by atoms with van der Waals surface area (Å²) in [5, 5.41) is 3.08. The van der Waals surface area contributed by atoms with Crippen molar-refractivity contribution in [3.8, 4) is 0 Å². The topological polar surface area (TPSA) is 49.4 Å².